The number of rotatable bonds is 6. The van der Waals surface area contributed by atoms with E-state index in [0.29, 0.717) is 12.2 Å². The van der Waals surface area contributed by atoms with Crippen LogP contribution in [0.25, 0.3) is 0 Å². The SMILES string of the molecule is CCCCCCN1CC(C)OC(CBr)C1. The maximum Gasteiger partial charge on any atom is 0.0802 e. The Morgan fingerprint density at radius 3 is 2.73 bits per heavy atom. The molecule has 0 aromatic heterocycles. The third-order valence-corrected chi connectivity index (χ3v) is 3.62. The third kappa shape index (κ3) is 5.32. The number of ether oxygens (including phenoxy) is 1. The number of unbranched alkanes of at least 4 members (excludes halogenated alkanes) is 3. The molecule has 1 saturated heterocycles. The van der Waals surface area contributed by atoms with Gasteiger partial charge in [0.2, 0.25) is 0 Å². The highest BCUT2D eigenvalue weighted by Crippen LogP contribution is 2.13. The molecule has 1 fully saturated rings. The predicted octanol–water partition coefficient (Wildman–Crippen LogP) is 3.05. The highest BCUT2D eigenvalue weighted by atomic mass is 79.9. The van der Waals surface area contributed by atoms with E-state index in [9.17, 15) is 0 Å². The average molecular weight is 278 g/mol. The van der Waals surface area contributed by atoms with Crippen molar-refractivity contribution < 1.29 is 4.74 Å². The quantitative estimate of drug-likeness (QED) is 0.547. The van der Waals surface area contributed by atoms with Crippen LogP contribution in [0.5, 0.6) is 0 Å². The first-order valence-corrected chi connectivity index (χ1v) is 7.32. The van der Waals surface area contributed by atoms with Gasteiger partial charge in [0.05, 0.1) is 12.2 Å². The van der Waals surface area contributed by atoms with Crippen LogP contribution in [0, 0.1) is 0 Å². The molecule has 0 radical (unpaired) electrons. The number of hydrogen-bond donors (Lipinski definition) is 0. The molecule has 2 unspecified atom stereocenters. The van der Waals surface area contributed by atoms with Crippen LogP contribution >= 0.6 is 15.9 Å². The van der Waals surface area contributed by atoms with E-state index in [1.54, 1.807) is 0 Å². The zero-order chi connectivity index (χ0) is 11.1. The second-order valence-corrected chi connectivity index (χ2v) is 5.19. The Balaban J connectivity index is 2.16. The van der Waals surface area contributed by atoms with E-state index in [0.717, 1.165) is 18.4 Å². The van der Waals surface area contributed by atoms with Gasteiger partial charge in [0.25, 0.3) is 0 Å². The van der Waals surface area contributed by atoms with Crippen molar-refractivity contribution in [1.29, 1.82) is 0 Å². The molecule has 0 aromatic rings. The van der Waals surface area contributed by atoms with Gasteiger partial charge >= 0.3 is 0 Å². The molecule has 0 saturated carbocycles. The van der Waals surface area contributed by atoms with Crippen LogP contribution in [-0.4, -0.2) is 42.1 Å². The molecule has 1 aliphatic heterocycles. The summed E-state index contributed by atoms with van der Waals surface area (Å²) in [7, 11) is 0. The third-order valence-electron chi connectivity index (χ3n) is 2.90. The van der Waals surface area contributed by atoms with Gasteiger partial charge in [-0.2, -0.15) is 0 Å². The van der Waals surface area contributed by atoms with E-state index in [-0.39, 0.29) is 0 Å². The molecule has 0 bridgehead atoms. The van der Waals surface area contributed by atoms with Crippen LogP contribution in [0.2, 0.25) is 0 Å². The van der Waals surface area contributed by atoms with Crippen LogP contribution in [-0.2, 0) is 4.74 Å². The topological polar surface area (TPSA) is 12.5 Å². The molecule has 1 heterocycles. The molecule has 0 spiro atoms. The van der Waals surface area contributed by atoms with Crippen LogP contribution in [0.4, 0.5) is 0 Å². The maximum atomic E-state index is 5.80. The maximum absolute atomic E-state index is 5.80. The number of alkyl halides is 1. The Morgan fingerprint density at radius 2 is 2.07 bits per heavy atom. The monoisotopic (exact) mass is 277 g/mol. The van der Waals surface area contributed by atoms with Crippen molar-refractivity contribution in [3.05, 3.63) is 0 Å². The summed E-state index contributed by atoms with van der Waals surface area (Å²) < 4.78 is 5.80. The van der Waals surface area contributed by atoms with Gasteiger partial charge in [-0.1, -0.05) is 42.1 Å². The van der Waals surface area contributed by atoms with Crippen molar-refractivity contribution in [3.8, 4) is 0 Å². The van der Waals surface area contributed by atoms with Gasteiger partial charge in [-0.3, -0.25) is 4.90 Å². The minimum atomic E-state index is 0.389. The largest absolute Gasteiger partial charge is 0.372 e. The summed E-state index contributed by atoms with van der Waals surface area (Å²) in [5, 5.41) is 0.961. The molecule has 3 heteroatoms. The summed E-state index contributed by atoms with van der Waals surface area (Å²) in [5.41, 5.74) is 0. The minimum Gasteiger partial charge on any atom is -0.372 e. The van der Waals surface area contributed by atoms with Crippen LogP contribution in [0.3, 0.4) is 0 Å². The first-order valence-electron chi connectivity index (χ1n) is 6.20. The number of nitrogens with zero attached hydrogens (tertiary/aromatic N) is 1. The van der Waals surface area contributed by atoms with Crippen LogP contribution < -0.4 is 0 Å². The second-order valence-electron chi connectivity index (χ2n) is 4.54. The Hall–Kier alpha value is 0.400. The normalized spacial score (nSPS) is 28.2. The number of morpholine rings is 1. The summed E-state index contributed by atoms with van der Waals surface area (Å²) in [4.78, 5) is 2.55. The van der Waals surface area contributed by atoms with E-state index in [1.165, 1.54) is 32.2 Å². The molecular weight excluding hydrogens is 254 g/mol. The van der Waals surface area contributed by atoms with Crippen LogP contribution in [0.1, 0.15) is 39.5 Å². The fourth-order valence-electron chi connectivity index (χ4n) is 2.17. The zero-order valence-electron chi connectivity index (χ0n) is 10.0. The highest BCUT2D eigenvalue weighted by molar-refractivity contribution is 9.09. The molecule has 2 atom stereocenters. The fraction of sp³-hybridized carbons (Fsp3) is 1.00. The summed E-state index contributed by atoms with van der Waals surface area (Å²) in [6.45, 7) is 7.89. The first-order chi connectivity index (χ1) is 7.26. The Kier molecular flexibility index (Phi) is 6.86. The molecule has 1 aliphatic rings. The lowest BCUT2D eigenvalue weighted by molar-refractivity contribution is -0.0654. The minimum absolute atomic E-state index is 0.389. The van der Waals surface area contributed by atoms with Crippen molar-refractivity contribution >= 4 is 15.9 Å². The average Bonchev–Trinajstić information content (AvgIpc) is 2.23. The lowest BCUT2D eigenvalue weighted by atomic mass is 10.1. The summed E-state index contributed by atoms with van der Waals surface area (Å²) in [6.07, 6.45) is 6.20. The zero-order valence-corrected chi connectivity index (χ0v) is 11.6. The molecule has 2 nitrogen and oxygen atoms in total. The molecule has 0 aromatic carbocycles. The summed E-state index contributed by atoms with van der Waals surface area (Å²) in [6, 6.07) is 0. The Bertz CT molecular complexity index is 166. The number of hydrogen-bond acceptors (Lipinski definition) is 2. The first kappa shape index (κ1) is 13.5. The summed E-state index contributed by atoms with van der Waals surface area (Å²) in [5.74, 6) is 0. The second kappa shape index (κ2) is 7.64. The Morgan fingerprint density at radius 1 is 1.27 bits per heavy atom. The molecule has 90 valence electrons. The van der Waals surface area contributed by atoms with Gasteiger partial charge in [-0.15, -0.1) is 0 Å². The fourth-order valence-corrected chi connectivity index (χ4v) is 2.53. The van der Waals surface area contributed by atoms with Crippen molar-refractivity contribution in [2.75, 3.05) is 25.0 Å². The molecule has 0 aliphatic carbocycles. The van der Waals surface area contributed by atoms with Gasteiger partial charge in [0.15, 0.2) is 0 Å². The molecule has 0 N–H and O–H groups in total. The summed E-state index contributed by atoms with van der Waals surface area (Å²) >= 11 is 3.51. The predicted molar refractivity (Wildman–Crippen MR) is 68.7 cm³/mol. The van der Waals surface area contributed by atoms with Gasteiger partial charge in [0.1, 0.15) is 0 Å². The molecular formula is C12H24BrNO. The van der Waals surface area contributed by atoms with Crippen molar-refractivity contribution in [2.45, 2.75) is 51.7 Å². The van der Waals surface area contributed by atoms with E-state index in [1.807, 2.05) is 0 Å². The van der Waals surface area contributed by atoms with Gasteiger partial charge < -0.3 is 4.74 Å². The van der Waals surface area contributed by atoms with E-state index < -0.39 is 0 Å². The van der Waals surface area contributed by atoms with Gasteiger partial charge in [0, 0.05) is 18.4 Å². The van der Waals surface area contributed by atoms with Gasteiger partial charge in [-0.05, 0) is 19.9 Å². The molecule has 15 heavy (non-hydrogen) atoms. The van der Waals surface area contributed by atoms with Crippen molar-refractivity contribution in [3.63, 3.8) is 0 Å². The van der Waals surface area contributed by atoms with Crippen molar-refractivity contribution in [2.24, 2.45) is 0 Å². The van der Waals surface area contributed by atoms with Crippen LogP contribution in [0.15, 0.2) is 0 Å². The van der Waals surface area contributed by atoms with E-state index >= 15 is 0 Å². The van der Waals surface area contributed by atoms with E-state index in [4.69, 9.17) is 4.74 Å². The molecule has 1 rings (SSSR count). The van der Waals surface area contributed by atoms with Gasteiger partial charge in [-0.25, -0.2) is 0 Å². The lowest BCUT2D eigenvalue weighted by Crippen LogP contribution is -2.47. The van der Waals surface area contributed by atoms with E-state index in [2.05, 4.69) is 34.7 Å². The number of halogens is 1. The molecule has 0 amide bonds. The standard InChI is InChI=1S/C12H24BrNO/c1-3-4-5-6-7-14-9-11(2)15-12(8-13)10-14/h11-12H,3-10H2,1-2H3. The highest BCUT2D eigenvalue weighted by Gasteiger charge is 2.23. The van der Waals surface area contributed by atoms with Crippen molar-refractivity contribution in [1.82, 2.24) is 4.90 Å². The Labute approximate surface area is 102 Å². The lowest BCUT2D eigenvalue weighted by Gasteiger charge is -2.36. The smallest absolute Gasteiger partial charge is 0.0802 e.